The Hall–Kier alpha value is -0.120. The zero-order valence-corrected chi connectivity index (χ0v) is 11.9. The van der Waals surface area contributed by atoms with E-state index in [4.69, 9.17) is 4.74 Å². The van der Waals surface area contributed by atoms with Crippen LogP contribution in [0.1, 0.15) is 32.6 Å². The summed E-state index contributed by atoms with van der Waals surface area (Å²) in [7, 11) is 2.19. The maximum absolute atomic E-state index is 5.82. The van der Waals surface area contributed by atoms with Crippen LogP contribution in [0.15, 0.2) is 0 Å². The Morgan fingerprint density at radius 1 is 1.33 bits per heavy atom. The predicted molar refractivity (Wildman–Crippen MR) is 73.6 cm³/mol. The summed E-state index contributed by atoms with van der Waals surface area (Å²) in [6.07, 6.45) is 6.38. The minimum absolute atomic E-state index is 0.393. The van der Waals surface area contributed by atoms with E-state index in [9.17, 15) is 0 Å². The predicted octanol–water partition coefficient (Wildman–Crippen LogP) is 1.73. The van der Waals surface area contributed by atoms with Gasteiger partial charge in [-0.25, -0.2) is 0 Å². The average molecular weight is 252 g/mol. The van der Waals surface area contributed by atoms with E-state index >= 15 is 0 Å². The number of likely N-dealkylation sites (N-methyl/N-ethyl adjacent to an activating group) is 1. The second-order valence-corrected chi connectivity index (χ2v) is 6.79. The summed E-state index contributed by atoms with van der Waals surface area (Å²) in [6.45, 7) is 6.47. The highest BCUT2D eigenvalue weighted by molar-refractivity contribution is 4.94. The van der Waals surface area contributed by atoms with Gasteiger partial charge in [0.15, 0.2) is 0 Å². The summed E-state index contributed by atoms with van der Waals surface area (Å²) in [5.41, 5.74) is 0. The summed E-state index contributed by atoms with van der Waals surface area (Å²) in [5, 5.41) is 3.75. The molecule has 1 saturated heterocycles. The Kier molecular flexibility index (Phi) is 3.92. The number of ether oxygens (including phenoxy) is 1. The highest BCUT2D eigenvalue weighted by Gasteiger charge is 2.41. The molecule has 104 valence electrons. The van der Waals surface area contributed by atoms with Crippen molar-refractivity contribution in [2.45, 2.75) is 44.8 Å². The molecule has 1 N–H and O–H groups in total. The number of fused-ring (bicyclic) bond motifs is 2. The molecular formula is C15H28N2O. The molecule has 0 aromatic carbocycles. The zero-order valence-electron chi connectivity index (χ0n) is 11.9. The smallest absolute Gasteiger partial charge is 0.0826 e. The van der Waals surface area contributed by atoms with Crippen molar-refractivity contribution in [1.29, 1.82) is 0 Å². The first-order valence-corrected chi connectivity index (χ1v) is 7.76. The van der Waals surface area contributed by atoms with Crippen LogP contribution in [-0.2, 0) is 4.74 Å². The fourth-order valence-electron chi connectivity index (χ4n) is 4.37. The standard InChI is InChI=1S/C15H28N2O/c1-11(15-8-12-3-4-13(15)7-12)16-9-14-10-17(2)5-6-18-14/h11-16H,3-10H2,1-2H3. The lowest BCUT2D eigenvalue weighted by atomic mass is 9.84. The fraction of sp³-hybridized carbons (Fsp3) is 1.00. The first kappa shape index (κ1) is 12.9. The van der Waals surface area contributed by atoms with Crippen molar-refractivity contribution in [1.82, 2.24) is 10.2 Å². The average Bonchev–Trinajstić information content (AvgIpc) is 2.98. The third kappa shape index (κ3) is 2.73. The summed E-state index contributed by atoms with van der Waals surface area (Å²) < 4.78 is 5.82. The minimum atomic E-state index is 0.393. The minimum Gasteiger partial charge on any atom is -0.374 e. The third-order valence-electron chi connectivity index (χ3n) is 5.44. The summed E-state index contributed by atoms with van der Waals surface area (Å²) in [5.74, 6) is 3.01. The summed E-state index contributed by atoms with van der Waals surface area (Å²) in [6, 6.07) is 0.677. The molecule has 0 aromatic heterocycles. The molecule has 1 heterocycles. The van der Waals surface area contributed by atoms with Crippen LogP contribution in [0.3, 0.4) is 0 Å². The Morgan fingerprint density at radius 3 is 2.89 bits per heavy atom. The maximum Gasteiger partial charge on any atom is 0.0826 e. The fourth-order valence-corrected chi connectivity index (χ4v) is 4.37. The van der Waals surface area contributed by atoms with Gasteiger partial charge in [0, 0.05) is 25.7 Å². The molecule has 2 bridgehead atoms. The van der Waals surface area contributed by atoms with Gasteiger partial charge in [-0.05, 0) is 51.0 Å². The molecule has 1 aliphatic heterocycles. The van der Waals surface area contributed by atoms with E-state index in [1.807, 2.05) is 0 Å². The monoisotopic (exact) mass is 252 g/mol. The normalized spacial score (nSPS) is 42.3. The zero-order chi connectivity index (χ0) is 12.5. The summed E-state index contributed by atoms with van der Waals surface area (Å²) >= 11 is 0. The first-order chi connectivity index (χ1) is 8.72. The quantitative estimate of drug-likeness (QED) is 0.825. The van der Waals surface area contributed by atoms with Gasteiger partial charge in [0.05, 0.1) is 12.7 Å². The first-order valence-electron chi connectivity index (χ1n) is 7.76. The molecule has 0 aromatic rings. The lowest BCUT2D eigenvalue weighted by molar-refractivity contribution is -0.0202. The van der Waals surface area contributed by atoms with Crippen LogP contribution in [0.2, 0.25) is 0 Å². The van der Waals surface area contributed by atoms with E-state index < -0.39 is 0 Å². The largest absolute Gasteiger partial charge is 0.374 e. The van der Waals surface area contributed by atoms with E-state index in [1.54, 1.807) is 0 Å². The Balaban J connectivity index is 1.42. The molecule has 3 nitrogen and oxygen atoms in total. The van der Waals surface area contributed by atoms with Crippen molar-refractivity contribution in [3.05, 3.63) is 0 Å². The Labute approximate surface area is 111 Å². The second kappa shape index (κ2) is 5.48. The van der Waals surface area contributed by atoms with E-state index in [-0.39, 0.29) is 0 Å². The molecule has 0 amide bonds. The number of morpholine rings is 1. The lowest BCUT2D eigenvalue weighted by Gasteiger charge is -2.33. The van der Waals surface area contributed by atoms with Crippen molar-refractivity contribution in [2.24, 2.45) is 17.8 Å². The van der Waals surface area contributed by atoms with Crippen LogP contribution in [0.25, 0.3) is 0 Å². The molecule has 18 heavy (non-hydrogen) atoms. The Bertz CT molecular complexity index is 284. The molecule has 3 aliphatic rings. The van der Waals surface area contributed by atoms with Crippen molar-refractivity contribution in [3.8, 4) is 0 Å². The van der Waals surface area contributed by atoms with Gasteiger partial charge in [-0.3, -0.25) is 0 Å². The van der Waals surface area contributed by atoms with Crippen LogP contribution in [0.5, 0.6) is 0 Å². The van der Waals surface area contributed by atoms with Crippen LogP contribution < -0.4 is 5.32 Å². The number of hydrogen-bond donors (Lipinski definition) is 1. The molecule has 2 aliphatic carbocycles. The van der Waals surface area contributed by atoms with Gasteiger partial charge in [-0.15, -0.1) is 0 Å². The van der Waals surface area contributed by atoms with Gasteiger partial charge >= 0.3 is 0 Å². The van der Waals surface area contributed by atoms with Gasteiger partial charge in [-0.1, -0.05) is 6.42 Å². The lowest BCUT2D eigenvalue weighted by Crippen LogP contribution is -2.48. The maximum atomic E-state index is 5.82. The van der Waals surface area contributed by atoms with Crippen molar-refractivity contribution < 1.29 is 4.74 Å². The van der Waals surface area contributed by atoms with Crippen molar-refractivity contribution >= 4 is 0 Å². The number of nitrogens with one attached hydrogen (secondary N) is 1. The van der Waals surface area contributed by atoms with Gasteiger partial charge < -0.3 is 15.0 Å². The molecule has 0 radical (unpaired) electrons. The number of rotatable bonds is 4. The van der Waals surface area contributed by atoms with Crippen LogP contribution >= 0.6 is 0 Å². The molecule has 3 fully saturated rings. The summed E-state index contributed by atoms with van der Waals surface area (Å²) in [4.78, 5) is 2.37. The number of nitrogens with zero attached hydrogens (tertiary/aromatic N) is 1. The van der Waals surface area contributed by atoms with Crippen LogP contribution in [0, 0.1) is 17.8 Å². The molecule has 5 unspecified atom stereocenters. The van der Waals surface area contributed by atoms with Crippen molar-refractivity contribution in [3.63, 3.8) is 0 Å². The van der Waals surface area contributed by atoms with Crippen molar-refractivity contribution in [2.75, 3.05) is 33.3 Å². The second-order valence-electron chi connectivity index (χ2n) is 6.79. The van der Waals surface area contributed by atoms with E-state index in [0.29, 0.717) is 12.1 Å². The highest BCUT2D eigenvalue weighted by atomic mass is 16.5. The van der Waals surface area contributed by atoms with Gasteiger partial charge in [0.2, 0.25) is 0 Å². The third-order valence-corrected chi connectivity index (χ3v) is 5.44. The highest BCUT2D eigenvalue weighted by Crippen LogP contribution is 2.49. The topological polar surface area (TPSA) is 24.5 Å². The SMILES string of the molecule is CC(NCC1CN(C)CCO1)C1CC2CCC1C2. The van der Waals surface area contributed by atoms with E-state index in [1.165, 1.54) is 25.7 Å². The molecule has 2 saturated carbocycles. The Morgan fingerprint density at radius 2 is 2.22 bits per heavy atom. The van der Waals surface area contributed by atoms with Gasteiger partial charge in [0.25, 0.3) is 0 Å². The molecular weight excluding hydrogens is 224 g/mol. The molecule has 5 atom stereocenters. The van der Waals surface area contributed by atoms with Gasteiger partial charge in [-0.2, -0.15) is 0 Å². The number of hydrogen-bond acceptors (Lipinski definition) is 3. The molecule has 0 spiro atoms. The van der Waals surface area contributed by atoms with E-state index in [2.05, 4.69) is 24.2 Å². The van der Waals surface area contributed by atoms with Gasteiger partial charge in [0.1, 0.15) is 0 Å². The molecule has 3 heteroatoms. The molecule has 3 rings (SSSR count). The van der Waals surface area contributed by atoms with Crippen LogP contribution in [-0.4, -0.2) is 50.3 Å². The van der Waals surface area contributed by atoms with Crippen LogP contribution in [0.4, 0.5) is 0 Å². The van der Waals surface area contributed by atoms with E-state index in [0.717, 1.165) is 44.0 Å².